The highest BCUT2D eigenvalue weighted by Gasteiger charge is 2.15. The van der Waals surface area contributed by atoms with Crippen LogP contribution in [0.5, 0.6) is 0 Å². The molecule has 3 heterocycles. The Morgan fingerprint density at radius 1 is 0.962 bits per heavy atom. The van der Waals surface area contributed by atoms with E-state index in [2.05, 4.69) is 25.6 Å². The van der Waals surface area contributed by atoms with Crippen LogP contribution in [0.2, 0.25) is 0 Å². The van der Waals surface area contributed by atoms with Gasteiger partial charge >= 0.3 is 0 Å². The molecule has 2 N–H and O–H groups in total. The molecule has 0 aliphatic heterocycles. The zero-order valence-electron chi connectivity index (χ0n) is 14.7. The maximum absolute atomic E-state index is 13.3. The SMILES string of the molecule is Cc1ccc(Nc2ccc(C)nc2C(=O)Nc2ccc(F)c(C)n2)cn1. The first-order valence-electron chi connectivity index (χ1n) is 8.04. The highest BCUT2D eigenvalue weighted by molar-refractivity contribution is 6.06. The molecule has 0 saturated carbocycles. The lowest BCUT2D eigenvalue weighted by Gasteiger charge is -2.12. The summed E-state index contributed by atoms with van der Waals surface area (Å²) in [5, 5.41) is 5.80. The smallest absolute Gasteiger partial charge is 0.277 e. The number of anilines is 3. The number of aromatic nitrogens is 3. The van der Waals surface area contributed by atoms with Gasteiger partial charge in [0.15, 0.2) is 5.69 Å². The average Bonchev–Trinajstić information content (AvgIpc) is 2.61. The maximum atomic E-state index is 13.3. The van der Waals surface area contributed by atoms with Crippen molar-refractivity contribution in [1.29, 1.82) is 0 Å². The Labute approximate surface area is 150 Å². The number of aryl methyl sites for hydroxylation is 3. The molecule has 0 saturated heterocycles. The topological polar surface area (TPSA) is 79.8 Å². The van der Waals surface area contributed by atoms with Crippen LogP contribution < -0.4 is 10.6 Å². The Kier molecular flexibility index (Phi) is 4.88. The van der Waals surface area contributed by atoms with Crippen LogP contribution in [0.1, 0.15) is 27.6 Å². The number of nitrogens with one attached hydrogen (secondary N) is 2. The lowest BCUT2D eigenvalue weighted by atomic mass is 10.2. The quantitative estimate of drug-likeness (QED) is 0.744. The van der Waals surface area contributed by atoms with Gasteiger partial charge in [-0.25, -0.2) is 14.4 Å². The molecule has 0 unspecified atom stereocenters. The number of pyridine rings is 3. The first kappa shape index (κ1) is 17.5. The monoisotopic (exact) mass is 351 g/mol. The van der Waals surface area contributed by atoms with Crippen molar-refractivity contribution in [2.75, 3.05) is 10.6 Å². The zero-order valence-corrected chi connectivity index (χ0v) is 14.7. The van der Waals surface area contributed by atoms with Gasteiger partial charge in [-0.3, -0.25) is 9.78 Å². The van der Waals surface area contributed by atoms with Gasteiger partial charge in [0.25, 0.3) is 5.91 Å². The van der Waals surface area contributed by atoms with Crippen LogP contribution >= 0.6 is 0 Å². The molecule has 0 atom stereocenters. The van der Waals surface area contributed by atoms with E-state index in [0.717, 1.165) is 11.4 Å². The number of rotatable bonds is 4. The third-order valence-corrected chi connectivity index (χ3v) is 3.70. The second kappa shape index (κ2) is 7.26. The second-order valence-electron chi connectivity index (χ2n) is 5.88. The highest BCUT2D eigenvalue weighted by atomic mass is 19.1. The number of carbonyl (C=O) groups is 1. The molecule has 1 amide bonds. The van der Waals surface area contributed by atoms with Crippen LogP contribution in [0.25, 0.3) is 0 Å². The van der Waals surface area contributed by atoms with Crippen LogP contribution in [-0.4, -0.2) is 20.9 Å². The summed E-state index contributed by atoms with van der Waals surface area (Å²) in [4.78, 5) is 25.2. The summed E-state index contributed by atoms with van der Waals surface area (Å²) in [5.41, 5.74) is 3.31. The number of hydrogen-bond donors (Lipinski definition) is 2. The zero-order chi connectivity index (χ0) is 18.7. The van der Waals surface area contributed by atoms with Gasteiger partial charge in [0.1, 0.15) is 11.6 Å². The first-order valence-corrected chi connectivity index (χ1v) is 8.04. The molecule has 132 valence electrons. The van der Waals surface area contributed by atoms with E-state index >= 15 is 0 Å². The Morgan fingerprint density at radius 2 is 1.73 bits per heavy atom. The summed E-state index contributed by atoms with van der Waals surface area (Å²) in [6.45, 7) is 5.23. The summed E-state index contributed by atoms with van der Waals surface area (Å²) in [6, 6.07) is 10.00. The number of carbonyl (C=O) groups excluding carboxylic acids is 1. The van der Waals surface area contributed by atoms with Gasteiger partial charge < -0.3 is 10.6 Å². The van der Waals surface area contributed by atoms with Gasteiger partial charge in [-0.1, -0.05) is 0 Å². The van der Waals surface area contributed by atoms with Crippen molar-refractivity contribution in [3.05, 3.63) is 71.2 Å². The van der Waals surface area contributed by atoms with E-state index in [0.29, 0.717) is 11.4 Å². The molecule has 3 rings (SSSR count). The molecule has 0 radical (unpaired) electrons. The first-order chi connectivity index (χ1) is 12.4. The van der Waals surface area contributed by atoms with E-state index in [1.54, 1.807) is 25.3 Å². The van der Waals surface area contributed by atoms with Crippen molar-refractivity contribution in [2.24, 2.45) is 0 Å². The minimum absolute atomic E-state index is 0.212. The van der Waals surface area contributed by atoms with E-state index in [9.17, 15) is 9.18 Å². The number of nitrogens with zero attached hydrogens (tertiary/aromatic N) is 3. The predicted octanol–water partition coefficient (Wildman–Crippen LogP) is 3.93. The molecule has 7 heteroatoms. The highest BCUT2D eigenvalue weighted by Crippen LogP contribution is 2.21. The van der Waals surface area contributed by atoms with E-state index in [1.807, 2.05) is 19.1 Å². The minimum Gasteiger partial charge on any atom is -0.352 e. The maximum Gasteiger partial charge on any atom is 0.277 e. The summed E-state index contributed by atoms with van der Waals surface area (Å²) >= 11 is 0. The van der Waals surface area contributed by atoms with Crippen LogP contribution in [0, 0.1) is 26.6 Å². The number of hydrogen-bond acceptors (Lipinski definition) is 5. The Balaban J connectivity index is 1.87. The van der Waals surface area contributed by atoms with Crippen molar-refractivity contribution in [3.63, 3.8) is 0 Å². The summed E-state index contributed by atoms with van der Waals surface area (Å²) in [7, 11) is 0. The molecule has 3 aromatic rings. The third kappa shape index (κ3) is 4.00. The molecule has 26 heavy (non-hydrogen) atoms. The molecule has 0 bridgehead atoms. The fraction of sp³-hybridized carbons (Fsp3) is 0.158. The van der Waals surface area contributed by atoms with Crippen molar-refractivity contribution in [2.45, 2.75) is 20.8 Å². The minimum atomic E-state index is -0.435. The van der Waals surface area contributed by atoms with Crippen molar-refractivity contribution in [3.8, 4) is 0 Å². The van der Waals surface area contributed by atoms with Crippen LogP contribution in [0.3, 0.4) is 0 Å². The largest absolute Gasteiger partial charge is 0.352 e. The van der Waals surface area contributed by atoms with E-state index in [1.165, 1.54) is 19.1 Å². The number of amides is 1. The standard InChI is InChI=1S/C19H18FN5O/c1-11-4-6-14(10-21-11)24-16-8-5-12(2)22-18(16)19(26)25-17-9-7-15(20)13(3)23-17/h4-10,24H,1-3H3,(H,23,25,26). The van der Waals surface area contributed by atoms with Gasteiger partial charge in [0.2, 0.25) is 0 Å². The van der Waals surface area contributed by atoms with Crippen molar-refractivity contribution >= 4 is 23.1 Å². The van der Waals surface area contributed by atoms with Crippen molar-refractivity contribution < 1.29 is 9.18 Å². The van der Waals surface area contributed by atoms with Gasteiger partial charge in [-0.2, -0.15) is 0 Å². The second-order valence-corrected chi connectivity index (χ2v) is 5.88. The van der Waals surface area contributed by atoms with E-state index in [4.69, 9.17) is 0 Å². The normalized spacial score (nSPS) is 10.5. The van der Waals surface area contributed by atoms with Crippen LogP contribution in [0.4, 0.5) is 21.6 Å². The number of halogens is 1. The molecule has 0 fully saturated rings. The van der Waals surface area contributed by atoms with E-state index < -0.39 is 11.7 Å². The molecular formula is C19H18FN5O. The van der Waals surface area contributed by atoms with Gasteiger partial charge in [0.05, 0.1) is 23.3 Å². The van der Waals surface area contributed by atoms with Gasteiger partial charge in [-0.05, 0) is 57.2 Å². The molecule has 3 aromatic heterocycles. The predicted molar refractivity (Wildman–Crippen MR) is 98.1 cm³/mol. The Bertz CT molecular complexity index is 957. The average molecular weight is 351 g/mol. The van der Waals surface area contributed by atoms with Crippen LogP contribution in [-0.2, 0) is 0 Å². The molecule has 0 aliphatic carbocycles. The Hall–Kier alpha value is -3.35. The fourth-order valence-corrected chi connectivity index (χ4v) is 2.32. The lowest BCUT2D eigenvalue weighted by molar-refractivity contribution is 0.102. The van der Waals surface area contributed by atoms with Gasteiger partial charge in [-0.15, -0.1) is 0 Å². The molecule has 0 aliphatic rings. The molecular weight excluding hydrogens is 333 g/mol. The Morgan fingerprint density at radius 3 is 2.42 bits per heavy atom. The lowest BCUT2D eigenvalue weighted by Crippen LogP contribution is -2.17. The van der Waals surface area contributed by atoms with Gasteiger partial charge in [0, 0.05) is 11.4 Å². The molecule has 0 spiro atoms. The third-order valence-electron chi connectivity index (χ3n) is 3.70. The van der Waals surface area contributed by atoms with E-state index in [-0.39, 0.29) is 17.2 Å². The summed E-state index contributed by atoms with van der Waals surface area (Å²) in [5.74, 6) is -0.596. The fourth-order valence-electron chi connectivity index (χ4n) is 2.32. The van der Waals surface area contributed by atoms with Crippen LogP contribution in [0.15, 0.2) is 42.6 Å². The summed E-state index contributed by atoms with van der Waals surface area (Å²) in [6.07, 6.45) is 1.68. The van der Waals surface area contributed by atoms with Crippen molar-refractivity contribution in [1.82, 2.24) is 15.0 Å². The molecule has 0 aromatic carbocycles. The summed E-state index contributed by atoms with van der Waals surface area (Å²) < 4.78 is 13.3. The molecule has 6 nitrogen and oxygen atoms in total.